The SMILES string of the molecule is CCS(=O)(=O)c1c(NCCn2cccn2)sc(C#N)c1N. The summed E-state index contributed by atoms with van der Waals surface area (Å²) in [7, 11) is -3.48. The average molecular weight is 325 g/mol. The molecule has 0 bridgehead atoms. The molecule has 2 aromatic rings. The molecule has 2 aromatic heterocycles. The van der Waals surface area contributed by atoms with E-state index in [1.807, 2.05) is 18.3 Å². The summed E-state index contributed by atoms with van der Waals surface area (Å²) in [5.74, 6) is -0.0629. The van der Waals surface area contributed by atoms with Gasteiger partial charge in [-0.15, -0.1) is 11.3 Å². The van der Waals surface area contributed by atoms with Crippen LogP contribution in [0.4, 0.5) is 10.7 Å². The number of hydrogen-bond donors (Lipinski definition) is 2. The van der Waals surface area contributed by atoms with Crippen molar-refractivity contribution in [3.05, 3.63) is 23.3 Å². The number of hydrogen-bond acceptors (Lipinski definition) is 7. The molecule has 0 aliphatic rings. The van der Waals surface area contributed by atoms with E-state index in [-0.39, 0.29) is 21.2 Å². The van der Waals surface area contributed by atoms with E-state index in [2.05, 4.69) is 10.4 Å². The van der Waals surface area contributed by atoms with Crippen molar-refractivity contribution in [1.29, 1.82) is 5.26 Å². The van der Waals surface area contributed by atoms with Gasteiger partial charge in [-0.25, -0.2) is 8.42 Å². The number of nitriles is 1. The fraction of sp³-hybridized carbons (Fsp3) is 0.333. The smallest absolute Gasteiger partial charge is 0.183 e. The molecule has 2 heterocycles. The van der Waals surface area contributed by atoms with Gasteiger partial charge < -0.3 is 11.1 Å². The summed E-state index contributed by atoms with van der Waals surface area (Å²) in [5, 5.41) is 16.5. The summed E-state index contributed by atoms with van der Waals surface area (Å²) in [6, 6.07) is 3.74. The molecule has 7 nitrogen and oxygen atoms in total. The Morgan fingerprint density at radius 1 is 1.57 bits per heavy atom. The Morgan fingerprint density at radius 2 is 2.33 bits per heavy atom. The topological polar surface area (TPSA) is 114 Å². The van der Waals surface area contributed by atoms with E-state index in [1.54, 1.807) is 17.8 Å². The molecule has 0 unspecified atom stereocenters. The lowest BCUT2D eigenvalue weighted by Gasteiger charge is -2.08. The monoisotopic (exact) mass is 325 g/mol. The number of nitrogens with one attached hydrogen (secondary N) is 1. The van der Waals surface area contributed by atoms with Gasteiger partial charge in [-0.1, -0.05) is 6.92 Å². The van der Waals surface area contributed by atoms with Crippen molar-refractivity contribution in [2.75, 3.05) is 23.3 Å². The molecule has 0 amide bonds. The molecule has 0 saturated heterocycles. The number of nitrogens with zero attached hydrogens (tertiary/aromatic N) is 3. The van der Waals surface area contributed by atoms with Crippen LogP contribution in [-0.2, 0) is 16.4 Å². The van der Waals surface area contributed by atoms with Crippen molar-refractivity contribution in [3.8, 4) is 6.07 Å². The van der Waals surface area contributed by atoms with Crippen molar-refractivity contribution in [2.24, 2.45) is 0 Å². The van der Waals surface area contributed by atoms with Crippen LogP contribution in [0.3, 0.4) is 0 Å². The Labute approximate surface area is 126 Å². The second kappa shape index (κ2) is 6.15. The number of thiophene rings is 1. The maximum Gasteiger partial charge on any atom is 0.183 e. The Balaban J connectivity index is 2.24. The van der Waals surface area contributed by atoms with Crippen LogP contribution in [-0.4, -0.2) is 30.5 Å². The number of rotatable bonds is 6. The van der Waals surface area contributed by atoms with Crippen molar-refractivity contribution in [2.45, 2.75) is 18.4 Å². The summed E-state index contributed by atoms with van der Waals surface area (Å²) in [4.78, 5) is 0.246. The molecule has 0 aliphatic carbocycles. The molecule has 0 atom stereocenters. The first-order valence-electron chi connectivity index (χ1n) is 6.26. The first kappa shape index (κ1) is 15.3. The lowest BCUT2D eigenvalue weighted by Crippen LogP contribution is -2.13. The highest BCUT2D eigenvalue weighted by atomic mass is 32.2. The second-order valence-electron chi connectivity index (χ2n) is 4.21. The molecule has 112 valence electrons. The van der Waals surface area contributed by atoms with E-state index in [4.69, 9.17) is 11.0 Å². The van der Waals surface area contributed by atoms with Gasteiger partial charge in [-0.05, 0) is 6.07 Å². The van der Waals surface area contributed by atoms with E-state index in [0.717, 1.165) is 11.3 Å². The largest absolute Gasteiger partial charge is 0.396 e. The van der Waals surface area contributed by atoms with E-state index < -0.39 is 9.84 Å². The highest BCUT2D eigenvalue weighted by molar-refractivity contribution is 7.91. The first-order chi connectivity index (χ1) is 9.99. The zero-order valence-corrected chi connectivity index (χ0v) is 13.0. The van der Waals surface area contributed by atoms with Gasteiger partial charge in [0, 0.05) is 18.9 Å². The fourth-order valence-corrected chi connectivity index (χ4v) is 4.29. The predicted octanol–water partition coefficient (Wildman–Crippen LogP) is 1.30. The minimum absolute atomic E-state index is 0.0333. The molecule has 21 heavy (non-hydrogen) atoms. The molecule has 0 fully saturated rings. The molecule has 0 aliphatic heterocycles. The van der Waals surface area contributed by atoms with Gasteiger partial charge >= 0.3 is 0 Å². The number of aromatic nitrogens is 2. The van der Waals surface area contributed by atoms with Gasteiger partial charge in [0.05, 0.1) is 18.0 Å². The molecular formula is C12H15N5O2S2. The van der Waals surface area contributed by atoms with Crippen LogP contribution in [0.25, 0.3) is 0 Å². The van der Waals surface area contributed by atoms with Crippen LogP contribution in [0.1, 0.15) is 11.8 Å². The van der Waals surface area contributed by atoms with Crippen LogP contribution in [0.2, 0.25) is 0 Å². The van der Waals surface area contributed by atoms with Crippen LogP contribution in [0.15, 0.2) is 23.4 Å². The van der Waals surface area contributed by atoms with Crippen LogP contribution < -0.4 is 11.1 Å². The van der Waals surface area contributed by atoms with Crippen LogP contribution in [0.5, 0.6) is 0 Å². The van der Waals surface area contributed by atoms with E-state index in [1.165, 1.54) is 0 Å². The quantitative estimate of drug-likeness (QED) is 0.827. The highest BCUT2D eigenvalue weighted by Crippen LogP contribution is 2.39. The summed E-state index contributed by atoms with van der Waals surface area (Å²) in [5.41, 5.74) is 5.83. The summed E-state index contributed by atoms with van der Waals surface area (Å²) >= 11 is 1.06. The number of anilines is 2. The van der Waals surface area contributed by atoms with Crippen molar-refractivity contribution in [1.82, 2.24) is 9.78 Å². The lowest BCUT2D eigenvalue weighted by molar-refractivity contribution is 0.598. The van der Waals surface area contributed by atoms with Gasteiger partial charge in [0.15, 0.2) is 9.84 Å². The molecule has 0 spiro atoms. The fourth-order valence-electron chi connectivity index (χ4n) is 1.80. The summed E-state index contributed by atoms with van der Waals surface area (Å²) in [6.07, 6.45) is 3.48. The standard InChI is InChI=1S/C12H15N5O2S2/c1-2-21(18,19)11-10(14)9(8-13)20-12(11)15-5-7-17-6-3-4-16-17/h3-4,6,15H,2,5,7,14H2,1H3. The minimum Gasteiger partial charge on any atom is -0.396 e. The van der Waals surface area contributed by atoms with Crippen LogP contribution >= 0.6 is 11.3 Å². The Bertz CT molecular complexity index is 756. The Morgan fingerprint density at radius 3 is 2.90 bits per heavy atom. The molecule has 2 rings (SSSR count). The third kappa shape index (κ3) is 3.17. The summed E-state index contributed by atoms with van der Waals surface area (Å²) in [6.45, 7) is 2.61. The van der Waals surface area contributed by atoms with Crippen molar-refractivity contribution < 1.29 is 8.42 Å². The van der Waals surface area contributed by atoms with Gasteiger partial charge in [-0.2, -0.15) is 10.4 Å². The molecule has 0 aromatic carbocycles. The van der Waals surface area contributed by atoms with Gasteiger partial charge in [0.1, 0.15) is 20.8 Å². The van der Waals surface area contributed by atoms with Gasteiger partial charge in [-0.3, -0.25) is 4.68 Å². The van der Waals surface area contributed by atoms with E-state index in [0.29, 0.717) is 18.1 Å². The minimum atomic E-state index is -3.48. The summed E-state index contributed by atoms with van der Waals surface area (Å²) < 4.78 is 26.0. The number of sulfone groups is 1. The van der Waals surface area contributed by atoms with E-state index >= 15 is 0 Å². The molecule has 3 N–H and O–H groups in total. The number of nitrogens with two attached hydrogens (primary N) is 1. The van der Waals surface area contributed by atoms with Crippen LogP contribution in [0, 0.1) is 11.3 Å². The highest BCUT2D eigenvalue weighted by Gasteiger charge is 2.25. The van der Waals surface area contributed by atoms with E-state index in [9.17, 15) is 8.42 Å². The van der Waals surface area contributed by atoms with Gasteiger partial charge in [0.2, 0.25) is 0 Å². The lowest BCUT2D eigenvalue weighted by atomic mass is 10.4. The number of nitrogen functional groups attached to an aromatic ring is 1. The molecule has 9 heteroatoms. The third-order valence-corrected chi connectivity index (χ3v) is 5.88. The van der Waals surface area contributed by atoms with Crippen molar-refractivity contribution >= 4 is 31.9 Å². The third-order valence-electron chi connectivity index (χ3n) is 2.88. The first-order valence-corrected chi connectivity index (χ1v) is 8.73. The molecule has 0 radical (unpaired) electrons. The molecule has 0 saturated carbocycles. The Hall–Kier alpha value is -2.05. The predicted molar refractivity (Wildman–Crippen MR) is 81.9 cm³/mol. The zero-order chi connectivity index (χ0) is 15.5. The maximum atomic E-state index is 12.1. The normalized spacial score (nSPS) is 11.2. The Kier molecular flexibility index (Phi) is 4.50. The molecular weight excluding hydrogens is 310 g/mol. The average Bonchev–Trinajstić information content (AvgIpc) is 3.07. The zero-order valence-electron chi connectivity index (χ0n) is 11.4. The maximum absolute atomic E-state index is 12.1. The van der Waals surface area contributed by atoms with Gasteiger partial charge in [0.25, 0.3) is 0 Å². The second-order valence-corrected chi connectivity index (χ2v) is 7.45. The van der Waals surface area contributed by atoms with Crippen molar-refractivity contribution in [3.63, 3.8) is 0 Å².